The standard InChI is InChI=1S/C10H9ClN4O2/c11-7-2-1-6-8-5-12-3-4-14(8)13-9(6)10(7)15(16)17/h1-2,12H,3-5H2. The lowest BCUT2D eigenvalue weighted by Crippen LogP contribution is -2.28. The SMILES string of the molecule is O=[N+]([O-])c1c(Cl)ccc2c3n(nc12)CCNC3. The lowest BCUT2D eigenvalue weighted by molar-refractivity contribution is -0.383. The first kappa shape index (κ1) is 10.5. The average Bonchev–Trinajstić information content (AvgIpc) is 2.66. The first-order valence-electron chi connectivity index (χ1n) is 5.21. The molecule has 0 fully saturated rings. The van der Waals surface area contributed by atoms with Crippen LogP contribution in [-0.4, -0.2) is 21.2 Å². The van der Waals surface area contributed by atoms with Crippen LogP contribution < -0.4 is 5.32 Å². The molecule has 1 aliphatic rings. The number of fused-ring (bicyclic) bond motifs is 3. The summed E-state index contributed by atoms with van der Waals surface area (Å²) in [6.45, 7) is 2.22. The molecular formula is C10H9ClN4O2. The Morgan fingerprint density at radius 2 is 2.35 bits per heavy atom. The van der Waals surface area contributed by atoms with Gasteiger partial charge in [0, 0.05) is 18.5 Å². The van der Waals surface area contributed by atoms with Crippen molar-refractivity contribution in [2.45, 2.75) is 13.1 Å². The molecule has 0 saturated heterocycles. The number of hydrogen-bond acceptors (Lipinski definition) is 4. The van der Waals surface area contributed by atoms with Crippen LogP contribution in [0.2, 0.25) is 5.02 Å². The van der Waals surface area contributed by atoms with Gasteiger partial charge in [0.15, 0.2) is 5.52 Å². The van der Waals surface area contributed by atoms with E-state index in [0.717, 1.165) is 24.2 Å². The maximum Gasteiger partial charge on any atom is 0.315 e. The van der Waals surface area contributed by atoms with Gasteiger partial charge in [0.05, 0.1) is 17.2 Å². The summed E-state index contributed by atoms with van der Waals surface area (Å²) >= 11 is 5.86. The Balaban J connectivity index is 2.37. The van der Waals surface area contributed by atoms with Crippen LogP contribution in [0.25, 0.3) is 10.9 Å². The van der Waals surface area contributed by atoms with E-state index in [0.29, 0.717) is 12.1 Å². The van der Waals surface area contributed by atoms with E-state index in [4.69, 9.17) is 11.6 Å². The molecule has 0 amide bonds. The average molecular weight is 253 g/mol. The summed E-state index contributed by atoms with van der Waals surface area (Å²) in [6.07, 6.45) is 0. The smallest absolute Gasteiger partial charge is 0.309 e. The molecule has 0 atom stereocenters. The Bertz CT molecular complexity index is 622. The molecular weight excluding hydrogens is 244 g/mol. The summed E-state index contributed by atoms with van der Waals surface area (Å²) in [5, 5.41) is 19.4. The van der Waals surface area contributed by atoms with E-state index < -0.39 is 4.92 Å². The van der Waals surface area contributed by atoms with Crippen LogP contribution >= 0.6 is 11.6 Å². The highest BCUT2D eigenvalue weighted by Gasteiger charge is 2.24. The van der Waals surface area contributed by atoms with Crippen LogP contribution in [0.3, 0.4) is 0 Å². The Morgan fingerprint density at radius 1 is 1.53 bits per heavy atom. The van der Waals surface area contributed by atoms with Gasteiger partial charge in [-0.05, 0) is 12.1 Å². The fourth-order valence-corrected chi connectivity index (χ4v) is 2.37. The van der Waals surface area contributed by atoms with Crippen LogP contribution in [0.4, 0.5) is 5.69 Å². The number of nitro benzene ring substituents is 1. The van der Waals surface area contributed by atoms with E-state index >= 15 is 0 Å². The van der Waals surface area contributed by atoms with Gasteiger partial charge < -0.3 is 5.32 Å². The minimum atomic E-state index is -0.475. The first-order chi connectivity index (χ1) is 8.18. The summed E-state index contributed by atoms with van der Waals surface area (Å²) in [5.74, 6) is 0. The fourth-order valence-electron chi connectivity index (χ4n) is 2.15. The largest absolute Gasteiger partial charge is 0.315 e. The summed E-state index contributed by atoms with van der Waals surface area (Å²) in [7, 11) is 0. The summed E-state index contributed by atoms with van der Waals surface area (Å²) < 4.78 is 1.81. The number of rotatable bonds is 1. The number of nitrogens with one attached hydrogen (secondary N) is 1. The fraction of sp³-hybridized carbons (Fsp3) is 0.300. The highest BCUT2D eigenvalue weighted by Crippen LogP contribution is 2.34. The van der Waals surface area contributed by atoms with E-state index in [1.807, 2.05) is 4.68 Å². The number of nitrogens with zero attached hydrogens (tertiary/aromatic N) is 3. The Morgan fingerprint density at radius 3 is 3.12 bits per heavy atom. The van der Waals surface area contributed by atoms with E-state index in [9.17, 15) is 10.1 Å². The topological polar surface area (TPSA) is 73.0 Å². The van der Waals surface area contributed by atoms with Gasteiger partial charge in [0.25, 0.3) is 0 Å². The third-order valence-electron chi connectivity index (χ3n) is 2.92. The summed E-state index contributed by atoms with van der Waals surface area (Å²) in [4.78, 5) is 10.5. The van der Waals surface area contributed by atoms with Crippen molar-refractivity contribution in [2.24, 2.45) is 0 Å². The molecule has 0 bridgehead atoms. The van der Waals surface area contributed by atoms with Crippen molar-refractivity contribution in [3.8, 4) is 0 Å². The van der Waals surface area contributed by atoms with Gasteiger partial charge in [-0.25, -0.2) is 0 Å². The molecule has 6 nitrogen and oxygen atoms in total. The minimum absolute atomic E-state index is 0.105. The maximum absolute atomic E-state index is 11.0. The summed E-state index contributed by atoms with van der Waals surface area (Å²) in [5.41, 5.74) is 1.25. The predicted molar refractivity (Wildman–Crippen MR) is 63.1 cm³/mol. The molecule has 0 radical (unpaired) electrons. The quantitative estimate of drug-likeness (QED) is 0.619. The maximum atomic E-state index is 11.0. The van der Waals surface area contributed by atoms with E-state index in [2.05, 4.69) is 10.4 Å². The predicted octanol–water partition coefficient (Wildman–Crippen LogP) is 1.70. The van der Waals surface area contributed by atoms with Gasteiger partial charge >= 0.3 is 5.69 Å². The third-order valence-corrected chi connectivity index (χ3v) is 3.23. The van der Waals surface area contributed by atoms with Crippen LogP contribution in [0, 0.1) is 10.1 Å². The molecule has 7 heteroatoms. The third kappa shape index (κ3) is 1.49. The van der Waals surface area contributed by atoms with Gasteiger partial charge in [0.1, 0.15) is 5.02 Å². The molecule has 1 aromatic carbocycles. The minimum Gasteiger partial charge on any atom is -0.309 e. The monoisotopic (exact) mass is 252 g/mol. The molecule has 88 valence electrons. The van der Waals surface area contributed by atoms with Crippen molar-refractivity contribution in [1.29, 1.82) is 0 Å². The van der Waals surface area contributed by atoms with E-state index in [1.54, 1.807) is 12.1 Å². The van der Waals surface area contributed by atoms with E-state index in [-0.39, 0.29) is 10.7 Å². The van der Waals surface area contributed by atoms with Gasteiger partial charge in [-0.2, -0.15) is 5.10 Å². The lowest BCUT2D eigenvalue weighted by Gasteiger charge is -2.14. The van der Waals surface area contributed by atoms with Crippen LogP contribution in [0.5, 0.6) is 0 Å². The van der Waals surface area contributed by atoms with Crippen LogP contribution in [-0.2, 0) is 13.1 Å². The van der Waals surface area contributed by atoms with Crippen molar-refractivity contribution in [3.63, 3.8) is 0 Å². The van der Waals surface area contributed by atoms with Crippen LogP contribution in [0.15, 0.2) is 12.1 Å². The molecule has 1 aromatic heterocycles. The molecule has 0 spiro atoms. The number of benzene rings is 1. The van der Waals surface area contributed by atoms with Crippen LogP contribution in [0.1, 0.15) is 5.69 Å². The molecule has 2 heterocycles. The first-order valence-corrected chi connectivity index (χ1v) is 5.59. The lowest BCUT2D eigenvalue weighted by atomic mass is 10.1. The molecule has 1 aliphatic heterocycles. The van der Waals surface area contributed by atoms with E-state index in [1.165, 1.54) is 0 Å². The normalized spacial score (nSPS) is 14.9. The molecule has 3 rings (SSSR count). The highest BCUT2D eigenvalue weighted by atomic mass is 35.5. The van der Waals surface area contributed by atoms with Gasteiger partial charge in [-0.1, -0.05) is 11.6 Å². The molecule has 2 aromatic rings. The van der Waals surface area contributed by atoms with Gasteiger partial charge in [-0.15, -0.1) is 0 Å². The van der Waals surface area contributed by atoms with Gasteiger partial charge in [0.2, 0.25) is 0 Å². The second kappa shape index (κ2) is 3.68. The number of nitro groups is 1. The number of hydrogen-bond donors (Lipinski definition) is 1. The van der Waals surface area contributed by atoms with Crippen molar-refractivity contribution < 1.29 is 4.92 Å². The van der Waals surface area contributed by atoms with Gasteiger partial charge in [-0.3, -0.25) is 14.8 Å². The Labute approximate surface area is 101 Å². The number of aromatic nitrogens is 2. The van der Waals surface area contributed by atoms with Crippen molar-refractivity contribution in [2.75, 3.05) is 6.54 Å². The molecule has 0 aliphatic carbocycles. The second-order valence-corrected chi connectivity index (χ2v) is 4.30. The molecule has 0 unspecified atom stereocenters. The highest BCUT2D eigenvalue weighted by molar-refractivity contribution is 6.34. The molecule has 0 saturated carbocycles. The van der Waals surface area contributed by atoms with Crippen molar-refractivity contribution >= 4 is 28.2 Å². The Kier molecular flexibility index (Phi) is 2.27. The Hall–Kier alpha value is -1.66. The molecule has 17 heavy (non-hydrogen) atoms. The summed E-state index contributed by atoms with van der Waals surface area (Å²) in [6, 6.07) is 3.34. The van der Waals surface area contributed by atoms with Crippen molar-refractivity contribution in [3.05, 3.63) is 33.0 Å². The molecule has 1 N–H and O–H groups in total. The zero-order valence-corrected chi connectivity index (χ0v) is 9.57. The second-order valence-electron chi connectivity index (χ2n) is 3.90. The van der Waals surface area contributed by atoms with Crippen molar-refractivity contribution in [1.82, 2.24) is 15.1 Å². The zero-order valence-electron chi connectivity index (χ0n) is 8.81. The zero-order chi connectivity index (χ0) is 12.0. The number of halogens is 1.